The standard InChI is InChI=1S/C14H24N2OS/c1-11-16-12(8-18-11)7-14(5-6-17-10-14)9-15-13(2,3)4/h8,15H,5-7,9-10H2,1-4H3. The second kappa shape index (κ2) is 5.27. The fourth-order valence-electron chi connectivity index (χ4n) is 2.32. The molecule has 1 aromatic rings. The summed E-state index contributed by atoms with van der Waals surface area (Å²) in [5.74, 6) is 0. The quantitative estimate of drug-likeness (QED) is 0.912. The molecule has 102 valence electrons. The van der Waals surface area contributed by atoms with Crippen molar-refractivity contribution in [2.45, 2.75) is 46.1 Å². The normalized spacial score (nSPS) is 24.7. The Labute approximate surface area is 114 Å². The molecule has 1 aliphatic rings. The van der Waals surface area contributed by atoms with Crippen LogP contribution in [-0.4, -0.2) is 30.3 Å². The highest BCUT2D eigenvalue weighted by Crippen LogP contribution is 2.32. The molecule has 1 unspecified atom stereocenters. The first kappa shape index (κ1) is 14.0. The highest BCUT2D eigenvalue weighted by atomic mass is 32.1. The van der Waals surface area contributed by atoms with Crippen molar-refractivity contribution in [1.82, 2.24) is 10.3 Å². The van der Waals surface area contributed by atoms with Crippen LogP contribution in [0.5, 0.6) is 0 Å². The maximum Gasteiger partial charge on any atom is 0.0897 e. The lowest BCUT2D eigenvalue weighted by atomic mass is 9.82. The van der Waals surface area contributed by atoms with E-state index < -0.39 is 0 Å². The Hall–Kier alpha value is -0.450. The summed E-state index contributed by atoms with van der Waals surface area (Å²) in [5.41, 5.74) is 1.61. The van der Waals surface area contributed by atoms with Gasteiger partial charge in [-0.2, -0.15) is 0 Å². The van der Waals surface area contributed by atoms with Crippen molar-refractivity contribution in [2.75, 3.05) is 19.8 Å². The molecule has 1 atom stereocenters. The Kier molecular flexibility index (Phi) is 4.09. The summed E-state index contributed by atoms with van der Waals surface area (Å²) in [6.07, 6.45) is 2.16. The zero-order valence-corrected chi connectivity index (χ0v) is 12.7. The number of hydrogen-bond donors (Lipinski definition) is 1. The molecule has 0 saturated carbocycles. The first-order chi connectivity index (χ1) is 8.39. The number of thiazole rings is 1. The van der Waals surface area contributed by atoms with E-state index in [2.05, 4.69) is 43.4 Å². The molecule has 0 aliphatic carbocycles. The molecule has 1 aliphatic heterocycles. The molecule has 1 saturated heterocycles. The molecule has 1 fully saturated rings. The molecule has 1 N–H and O–H groups in total. The molecule has 0 radical (unpaired) electrons. The summed E-state index contributed by atoms with van der Waals surface area (Å²) < 4.78 is 5.64. The molecule has 0 aromatic carbocycles. The number of rotatable bonds is 4. The van der Waals surface area contributed by atoms with Crippen LogP contribution in [0.1, 0.15) is 37.9 Å². The summed E-state index contributed by atoms with van der Waals surface area (Å²) in [6.45, 7) is 11.4. The number of aromatic nitrogens is 1. The average Bonchev–Trinajstić information content (AvgIpc) is 2.86. The number of ether oxygens (including phenoxy) is 1. The van der Waals surface area contributed by atoms with Gasteiger partial charge < -0.3 is 10.1 Å². The van der Waals surface area contributed by atoms with E-state index in [1.165, 1.54) is 5.69 Å². The van der Waals surface area contributed by atoms with Crippen molar-refractivity contribution in [3.8, 4) is 0 Å². The molecule has 3 nitrogen and oxygen atoms in total. The van der Waals surface area contributed by atoms with Gasteiger partial charge in [-0.05, 0) is 40.5 Å². The number of nitrogens with zero attached hydrogens (tertiary/aromatic N) is 1. The first-order valence-electron chi connectivity index (χ1n) is 6.62. The molecule has 0 spiro atoms. The first-order valence-corrected chi connectivity index (χ1v) is 7.50. The summed E-state index contributed by atoms with van der Waals surface area (Å²) in [5, 5.41) is 6.97. The third-order valence-corrected chi connectivity index (χ3v) is 4.22. The second-order valence-electron chi connectivity index (χ2n) is 6.44. The third-order valence-electron chi connectivity index (χ3n) is 3.40. The minimum Gasteiger partial charge on any atom is -0.381 e. The average molecular weight is 268 g/mol. The minimum absolute atomic E-state index is 0.160. The van der Waals surface area contributed by atoms with Crippen molar-refractivity contribution < 1.29 is 4.74 Å². The summed E-state index contributed by atoms with van der Waals surface area (Å²) in [7, 11) is 0. The maximum absolute atomic E-state index is 5.64. The lowest BCUT2D eigenvalue weighted by Gasteiger charge is -2.31. The van der Waals surface area contributed by atoms with Gasteiger partial charge >= 0.3 is 0 Å². The third kappa shape index (κ3) is 3.77. The van der Waals surface area contributed by atoms with Crippen LogP contribution >= 0.6 is 11.3 Å². The predicted molar refractivity (Wildman–Crippen MR) is 76.2 cm³/mol. The van der Waals surface area contributed by atoms with Gasteiger partial charge in [-0.25, -0.2) is 4.98 Å². The number of aryl methyl sites for hydroxylation is 1. The lowest BCUT2D eigenvalue weighted by molar-refractivity contribution is 0.143. The molecular formula is C14H24N2OS. The minimum atomic E-state index is 0.160. The largest absolute Gasteiger partial charge is 0.381 e. The number of hydrogen-bond acceptors (Lipinski definition) is 4. The van der Waals surface area contributed by atoms with Gasteiger partial charge in [0.15, 0.2) is 0 Å². The topological polar surface area (TPSA) is 34.2 Å². The predicted octanol–water partition coefficient (Wildman–Crippen LogP) is 2.79. The van der Waals surface area contributed by atoms with Gasteiger partial charge in [-0.15, -0.1) is 11.3 Å². The van der Waals surface area contributed by atoms with Crippen LogP contribution in [0.2, 0.25) is 0 Å². The van der Waals surface area contributed by atoms with E-state index in [1.54, 1.807) is 11.3 Å². The van der Waals surface area contributed by atoms with Crippen molar-refractivity contribution in [1.29, 1.82) is 0 Å². The molecule has 0 bridgehead atoms. The number of nitrogens with one attached hydrogen (secondary N) is 1. The smallest absolute Gasteiger partial charge is 0.0897 e. The van der Waals surface area contributed by atoms with Crippen LogP contribution < -0.4 is 5.32 Å². The van der Waals surface area contributed by atoms with Crippen LogP contribution in [-0.2, 0) is 11.2 Å². The van der Waals surface area contributed by atoms with Gasteiger partial charge in [0.05, 0.1) is 17.3 Å². The Morgan fingerprint density at radius 2 is 2.28 bits per heavy atom. The van der Waals surface area contributed by atoms with Crippen molar-refractivity contribution in [2.24, 2.45) is 5.41 Å². The van der Waals surface area contributed by atoms with E-state index in [1.807, 2.05) is 0 Å². The fraction of sp³-hybridized carbons (Fsp3) is 0.786. The second-order valence-corrected chi connectivity index (χ2v) is 7.50. The van der Waals surface area contributed by atoms with Gasteiger partial charge in [0.2, 0.25) is 0 Å². The van der Waals surface area contributed by atoms with E-state index in [9.17, 15) is 0 Å². The summed E-state index contributed by atoms with van der Waals surface area (Å²) in [4.78, 5) is 4.60. The molecule has 2 rings (SSSR count). The van der Waals surface area contributed by atoms with Gasteiger partial charge in [0, 0.05) is 29.5 Å². The van der Waals surface area contributed by atoms with Gasteiger partial charge in [-0.1, -0.05) is 0 Å². The molecule has 0 amide bonds. The Balaban J connectivity index is 2.02. The van der Waals surface area contributed by atoms with Gasteiger partial charge in [0.1, 0.15) is 0 Å². The molecule has 2 heterocycles. The van der Waals surface area contributed by atoms with Crippen LogP contribution in [0.15, 0.2) is 5.38 Å². The Morgan fingerprint density at radius 1 is 1.50 bits per heavy atom. The molecule has 1 aromatic heterocycles. The molecular weight excluding hydrogens is 244 g/mol. The highest BCUT2D eigenvalue weighted by Gasteiger charge is 2.36. The Bertz CT molecular complexity index is 389. The van der Waals surface area contributed by atoms with Gasteiger partial charge in [0.25, 0.3) is 0 Å². The van der Waals surface area contributed by atoms with Crippen LogP contribution in [0.4, 0.5) is 0 Å². The summed E-state index contributed by atoms with van der Waals surface area (Å²) >= 11 is 1.74. The molecule has 4 heteroatoms. The monoisotopic (exact) mass is 268 g/mol. The van der Waals surface area contributed by atoms with Gasteiger partial charge in [-0.3, -0.25) is 0 Å². The van der Waals surface area contributed by atoms with Crippen molar-refractivity contribution >= 4 is 11.3 Å². The van der Waals surface area contributed by atoms with E-state index in [4.69, 9.17) is 4.74 Å². The Morgan fingerprint density at radius 3 is 2.78 bits per heavy atom. The lowest BCUT2D eigenvalue weighted by Crippen LogP contribution is -2.45. The van der Waals surface area contributed by atoms with Crippen LogP contribution in [0, 0.1) is 12.3 Å². The van der Waals surface area contributed by atoms with E-state index in [0.29, 0.717) is 0 Å². The van der Waals surface area contributed by atoms with Crippen molar-refractivity contribution in [3.05, 3.63) is 16.1 Å². The van der Waals surface area contributed by atoms with Crippen LogP contribution in [0.3, 0.4) is 0 Å². The summed E-state index contributed by atoms with van der Waals surface area (Å²) in [6, 6.07) is 0. The fourth-order valence-corrected chi connectivity index (χ4v) is 2.93. The maximum atomic E-state index is 5.64. The molecule has 18 heavy (non-hydrogen) atoms. The SMILES string of the molecule is Cc1nc(CC2(CNC(C)(C)C)CCOC2)cs1. The van der Waals surface area contributed by atoms with E-state index >= 15 is 0 Å². The van der Waals surface area contributed by atoms with Crippen molar-refractivity contribution in [3.63, 3.8) is 0 Å². The van der Waals surface area contributed by atoms with Crippen LogP contribution in [0.25, 0.3) is 0 Å². The van der Waals surface area contributed by atoms with E-state index in [0.717, 1.165) is 37.6 Å². The zero-order chi connectivity index (χ0) is 13.2. The van der Waals surface area contributed by atoms with E-state index in [-0.39, 0.29) is 11.0 Å². The highest BCUT2D eigenvalue weighted by molar-refractivity contribution is 7.09. The zero-order valence-electron chi connectivity index (χ0n) is 11.9.